The molecule has 4 rings (SSSR count). The van der Waals surface area contributed by atoms with Crippen LogP contribution in [-0.2, 0) is 14.6 Å². The van der Waals surface area contributed by atoms with E-state index < -0.39 is 15.9 Å². The Morgan fingerprint density at radius 2 is 1.70 bits per heavy atom. The second-order valence-corrected chi connectivity index (χ2v) is 10.4. The molecule has 0 unspecified atom stereocenters. The Morgan fingerprint density at radius 1 is 1.04 bits per heavy atom. The molecule has 4 nitrogen and oxygen atoms in total. The van der Waals surface area contributed by atoms with E-state index in [0.717, 1.165) is 5.56 Å². The van der Waals surface area contributed by atoms with Gasteiger partial charge in [-0.1, -0.05) is 34.8 Å². The van der Waals surface area contributed by atoms with Crippen molar-refractivity contribution in [3.8, 4) is 0 Å². The van der Waals surface area contributed by atoms with Crippen LogP contribution >= 0.6 is 34.8 Å². The Kier molecular flexibility index (Phi) is 4.70. The number of hydrogen-bond acceptors (Lipinski definition) is 3. The van der Waals surface area contributed by atoms with Crippen molar-refractivity contribution >= 4 is 50.5 Å². The summed E-state index contributed by atoms with van der Waals surface area (Å²) in [5.41, 5.74) is 1.52. The van der Waals surface area contributed by atoms with E-state index in [4.69, 9.17) is 34.8 Å². The number of carbonyl (C=O) groups is 1. The molecule has 0 spiro atoms. The predicted molar refractivity (Wildman–Crippen MR) is 106 cm³/mol. The summed E-state index contributed by atoms with van der Waals surface area (Å²) in [6, 6.07) is 9.47. The molecule has 2 aliphatic rings. The van der Waals surface area contributed by atoms with Crippen molar-refractivity contribution < 1.29 is 13.2 Å². The third-order valence-electron chi connectivity index (χ3n) is 5.28. The van der Waals surface area contributed by atoms with Crippen LogP contribution in [0.3, 0.4) is 0 Å². The van der Waals surface area contributed by atoms with Gasteiger partial charge >= 0.3 is 0 Å². The van der Waals surface area contributed by atoms with E-state index in [9.17, 15) is 13.2 Å². The smallest absolute Gasteiger partial charge is 0.226 e. The summed E-state index contributed by atoms with van der Waals surface area (Å²) >= 11 is 18.2. The van der Waals surface area contributed by atoms with Gasteiger partial charge < -0.3 is 4.90 Å². The molecular weight excluding hydrogens is 429 g/mol. The van der Waals surface area contributed by atoms with Crippen molar-refractivity contribution in [2.24, 2.45) is 5.92 Å². The molecule has 1 amide bonds. The fraction of sp³-hybridized carbons (Fsp3) is 0.316. The Bertz CT molecular complexity index is 1030. The molecule has 3 atom stereocenters. The highest BCUT2D eigenvalue weighted by molar-refractivity contribution is 7.91. The minimum absolute atomic E-state index is 0.0491. The van der Waals surface area contributed by atoms with E-state index in [1.54, 1.807) is 25.2 Å². The fourth-order valence-corrected chi connectivity index (χ4v) is 6.36. The zero-order valence-corrected chi connectivity index (χ0v) is 17.4. The molecule has 0 bridgehead atoms. The molecule has 0 saturated heterocycles. The third-order valence-corrected chi connectivity index (χ3v) is 7.75. The van der Waals surface area contributed by atoms with Gasteiger partial charge in [0.15, 0.2) is 9.84 Å². The number of amides is 1. The van der Waals surface area contributed by atoms with E-state index >= 15 is 0 Å². The van der Waals surface area contributed by atoms with Gasteiger partial charge in [-0.2, -0.15) is 0 Å². The lowest BCUT2D eigenvalue weighted by molar-refractivity contribution is -0.133. The summed E-state index contributed by atoms with van der Waals surface area (Å²) in [6.45, 7) is 0. The molecule has 142 valence electrons. The minimum atomic E-state index is -3.42. The number of sulfone groups is 1. The van der Waals surface area contributed by atoms with Crippen LogP contribution in [0.15, 0.2) is 41.3 Å². The number of carbonyl (C=O) groups excluding carboxylic acids is 1. The van der Waals surface area contributed by atoms with Crippen LogP contribution in [-0.4, -0.2) is 32.0 Å². The first-order valence-electron chi connectivity index (χ1n) is 8.42. The zero-order chi connectivity index (χ0) is 19.5. The van der Waals surface area contributed by atoms with E-state index in [0.29, 0.717) is 27.1 Å². The van der Waals surface area contributed by atoms with Crippen molar-refractivity contribution in [1.29, 1.82) is 0 Å². The molecule has 1 heterocycles. The Labute approximate surface area is 172 Å². The maximum absolute atomic E-state index is 13.0. The van der Waals surface area contributed by atoms with E-state index in [1.165, 1.54) is 11.0 Å². The molecule has 0 radical (unpaired) electrons. The standard InChI is InChI=1S/C19H16Cl3NO3S/c1-23(17-9-27(25,26)18-3-2-11(20)7-16(17)18)19(24)15-8-14(15)10-4-12(21)6-13(22)5-10/h2-7,14-15,17H,8-9H2,1H3/t14-,15+,17-/m0/s1. The molecule has 2 aromatic carbocycles. The molecule has 1 fully saturated rings. The number of rotatable bonds is 3. The monoisotopic (exact) mass is 443 g/mol. The number of benzene rings is 2. The molecule has 27 heavy (non-hydrogen) atoms. The lowest BCUT2D eigenvalue weighted by Crippen LogP contribution is -2.33. The summed E-state index contributed by atoms with van der Waals surface area (Å²) in [5.74, 6) is -0.349. The summed E-state index contributed by atoms with van der Waals surface area (Å²) in [5, 5.41) is 1.53. The average Bonchev–Trinajstić information content (AvgIpc) is 3.33. The summed E-state index contributed by atoms with van der Waals surface area (Å²) in [6.07, 6.45) is 0.696. The first-order chi connectivity index (χ1) is 12.7. The molecule has 1 aliphatic carbocycles. The molecule has 1 saturated carbocycles. The highest BCUT2D eigenvalue weighted by Gasteiger charge is 2.48. The number of fused-ring (bicyclic) bond motifs is 1. The normalized spacial score (nSPS) is 25.1. The maximum atomic E-state index is 13.0. The van der Waals surface area contributed by atoms with Gasteiger partial charge in [0.25, 0.3) is 0 Å². The largest absolute Gasteiger partial charge is 0.337 e. The highest BCUT2D eigenvalue weighted by atomic mass is 35.5. The third kappa shape index (κ3) is 3.46. The summed E-state index contributed by atoms with van der Waals surface area (Å²) in [7, 11) is -1.77. The van der Waals surface area contributed by atoms with Gasteiger partial charge in [0.2, 0.25) is 5.91 Å². The molecule has 0 aromatic heterocycles. The first kappa shape index (κ1) is 19.1. The van der Waals surface area contributed by atoms with Crippen LogP contribution in [0.25, 0.3) is 0 Å². The number of hydrogen-bond donors (Lipinski definition) is 0. The van der Waals surface area contributed by atoms with Crippen molar-refractivity contribution in [2.45, 2.75) is 23.3 Å². The quantitative estimate of drug-likeness (QED) is 0.687. The van der Waals surface area contributed by atoms with Gasteiger partial charge in [-0.3, -0.25) is 4.79 Å². The zero-order valence-electron chi connectivity index (χ0n) is 14.3. The van der Waals surface area contributed by atoms with Crippen LogP contribution < -0.4 is 0 Å². The second kappa shape index (κ2) is 6.66. The molecule has 1 aliphatic heterocycles. The van der Waals surface area contributed by atoms with Crippen LogP contribution in [0.4, 0.5) is 0 Å². The Balaban J connectivity index is 1.57. The van der Waals surface area contributed by atoms with Gasteiger partial charge in [-0.15, -0.1) is 0 Å². The minimum Gasteiger partial charge on any atom is -0.337 e. The predicted octanol–water partition coefficient (Wildman–Crippen LogP) is 4.74. The van der Waals surface area contributed by atoms with Crippen molar-refractivity contribution in [2.75, 3.05) is 12.8 Å². The van der Waals surface area contributed by atoms with Gasteiger partial charge in [0.05, 0.1) is 16.7 Å². The fourth-order valence-electron chi connectivity index (χ4n) is 3.81. The second-order valence-electron chi connectivity index (χ2n) is 7.08. The van der Waals surface area contributed by atoms with Crippen LogP contribution in [0.2, 0.25) is 15.1 Å². The average molecular weight is 445 g/mol. The number of halogens is 3. The lowest BCUT2D eigenvalue weighted by Gasteiger charge is -2.25. The van der Waals surface area contributed by atoms with Crippen molar-refractivity contribution in [3.05, 3.63) is 62.6 Å². The highest BCUT2D eigenvalue weighted by Crippen LogP contribution is 2.50. The molecule has 8 heteroatoms. The first-order valence-corrected chi connectivity index (χ1v) is 11.2. The Morgan fingerprint density at radius 3 is 2.37 bits per heavy atom. The molecular formula is C19H16Cl3NO3S. The van der Waals surface area contributed by atoms with Gasteiger partial charge in [-0.05, 0) is 59.9 Å². The van der Waals surface area contributed by atoms with Crippen LogP contribution in [0, 0.1) is 5.92 Å². The summed E-state index contributed by atoms with van der Waals surface area (Å²) in [4.78, 5) is 14.8. The molecule has 0 N–H and O–H groups in total. The van der Waals surface area contributed by atoms with E-state index in [2.05, 4.69) is 0 Å². The van der Waals surface area contributed by atoms with Gasteiger partial charge in [-0.25, -0.2) is 8.42 Å². The number of nitrogens with zero attached hydrogens (tertiary/aromatic N) is 1. The van der Waals surface area contributed by atoms with Crippen molar-refractivity contribution in [1.82, 2.24) is 4.90 Å². The van der Waals surface area contributed by atoms with Gasteiger partial charge in [0, 0.05) is 28.0 Å². The SMILES string of the molecule is CN(C(=O)[C@@H]1C[C@H]1c1cc(Cl)cc(Cl)c1)[C@H]1CS(=O)(=O)c2ccc(Cl)cc21. The van der Waals surface area contributed by atoms with Gasteiger partial charge in [0.1, 0.15) is 0 Å². The lowest BCUT2D eigenvalue weighted by atomic mass is 10.1. The van der Waals surface area contributed by atoms with E-state index in [1.807, 2.05) is 12.1 Å². The van der Waals surface area contributed by atoms with E-state index in [-0.39, 0.29) is 28.4 Å². The summed E-state index contributed by atoms with van der Waals surface area (Å²) < 4.78 is 24.9. The topological polar surface area (TPSA) is 54.5 Å². The Hall–Kier alpha value is -1.27. The molecule has 2 aromatic rings. The van der Waals surface area contributed by atoms with Crippen LogP contribution in [0.5, 0.6) is 0 Å². The van der Waals surface area contributed by atoms with Crippen LogP contribution in [0.1, 0.15) is 29.5 Å². The maximum Gasteiger partial charge on any atom is 0.226 e. The van der Waals surface area contributed by atoms with Crippen molar-refractivity contribution in [3.63, 3.8) is 0 Å².